The van der Waals surface area contributed by atoms with Crippen LogP contribution in [0.5, 0.6) is 0 Å². The first-order chi connectivity index (χ1) is 7.34. The predicted octanol–water partition coefficient (Wildman–Crippen LogP) is 0.718. The van der Waals surface area contributed by atoms with Gasteiger partial charge in [-0.2, -0.15) is 0 Å². The number of nitrogens with one attached hydrogen (secondary N) is 2. The number of hydrazine groups is 1. The van der Waals surface area contributed by atoms with Crippen LogP contribution in [0, 0.1) is 16.7 Å². The zero-order valence-electron chi connectivity index (χ0n) is 9.96. The zero-order valence-corrected chi connectivity index (χ0v) is 10.8. The standard InChI is InChI=1S/C11H19N3OS/c1-10(2)6-4-5-11(10,3)8(15)7(6)13-9(16)14-12/h6-7H,4-5,12H2,1-3H3,(H2,13,14,16)/t6-,7-,11+/m1/s1. The van der Waals surface area contributed by atoms with Gasteiger partial charge >= 0.3 is 0 Å². The first kappa shape index (κ1) is 11.8. The van der Waals surface area contributed by atoms with Gasteiger partial charge in [-0.15, -0.1) is 0 Å². The van der Waals surface area contributed by atoms with E-state index in [2.05, 4.69) is 31.5 Å². The van der Waals surface area contributed by atoms with E-state index in [0.717, 1.165) is 12.8 Å². The van der Waals surface area contributed by atoms with E-state index >= 15 is 0 Å². The molecule has 4 nitrogen and oxygen atoms in total. The normalized spacial score (nSPS) is 39.9. The van der Waals surface area contributed by atoms with Crippen molar-refractivity contribution in [2.24, 2.45) is 22.6 Å². The van der Waals surface area contributed by atoms with Crippen molar-refractivity contribution in [3.63, 3.8) is 0 Å². The molecule has 2 bridgehead atoms. The van der Waals surface area contributed by atoms with Crippen LogP contribution in [-0.4, -0.2) is 16.9 Å². The molecule has 2 rings (SSSR count). The number of ketones is 1. The molecule has 2 aliphatic rings. The molecule has 0 aliphatic heterocycles. The Morgan fingerprint density at radius 1 is 1.50 bits per heavy atom. The Labute approximate surface area is 101 Å². The summed E-state index contributed by atoms with van der Waals surface area (Å²) in [6.07, 6.45) is 2.07. The van der Waals surface area contributed by atoms with Crippen molar-refractivity contribution in [2.45, 2.75) is 39.7 Å². The lowest BCUT2D eigenvalue weighted by molar-refractivity contribution is -0.129. The number of thiocarbonyl (C=S) groups is 1. The van der Waals surface area contributed by atoms with Crippen LogP contribution >= 0.6 is 12.2 Å². The molecule has 90 valence electrons. The van der Waals surface area contributed by atoms with Gasteiger partial charge in [-0.3, -0.25) is 4.79 Å². The fourth-order valence-electron chi connectivity index (χ4n) is 3.44. The molecule has 0 amide bonds. The lowest BCUT2D eigenvalue weighted by atomic mass is 9.70. The quantitative estimate of drug-likeness (QED) is 0.358. The molecular weight excluding hydrogens is 222 g/mol. The molecule has 0 aromatic rings. The van der Waals surface area contributed by atoms with E-state index in [0.29, 0.717) is 11.0 Å². The van der Waals surface area contributed by atoms with Gasteiger partial charge in [0.15, 0.2) is 10.9 Å². The third-order valence-corrected chi connectivity index (χ3v) is 5.19. The van der Waals surface area contributed by atoms with Crippen LogP contribution in [0.2, 0.25) is 0 Å². The van der Waals surface area contributed by atoms with Crippen LogP contribution in [0.3, 0.4) is 0 Å². The minimum Gasteiger partial charge on any atom is -0.352 e. The van der Waals surface area contributed by atoms with Gasteiger partial charge in [0.2, 0.25) is 0 Å². The van der Waals surface area contributed by atoms with E-state index in [1.54, 1.807) is 0 Å². The second kappa shape index (κ2) is 3.40. The highest BCUT2D eigenvalue weighted by molar-refractivity contribution is 7.80. The molecule has 2 aliphatic carbocycles. The first-order valence-electron chi connectivity index (χ1n) is 5.66. The van der Waals surface area contributed by atoms with E-state index in [4.69, 9.17) is 18.1 Å². The summed E-state index contributed by atoms with van der Waals surface area (Å²) in [6.45, 7) is 6.45. The van der Waals surface area contributed by atoms with Gasteiger partial charge < -0.3 is 10.7 Å². The molecule has 2 fully saturated rings. The number of carbonyl (C=O) groups is 1. The highest BCUT2D eigenvalue weighted by Crippen LogP contribution is 2.63. The van der Waals surface area contributed by atoms with Gasteiger partial charge in [0.25, 0.3) is 0 Å². The average Bonchev–Trinajstić information content (AvgIpc) is 2.53. The second-order valence-corrected chi connectivity index (χ2v) is 6.07. The minimum atomic E-state index is -0.209. The predicted molar refractivity (Wildman–Crippen MR) is 66.5 cm³/mol. The van der Waals surface area contributed by atoms with Gasteiger partial charge in [-0.25, -0.2) is 5.84 Å². The number of hydrogen-bond donors (Lipinski definition) is 3. The number of hydrogen-bond acceptors (Lipinski definition) is 3. The Hall–Kier alpha value is -0.680. The second-order valence-electron chi connectivity index (χ2n) is 5.66. The maximum atomic E-state index is 12.4. The topological polar surface area (TPSA) is 67.2 Å². The molecule has 0 saturated heterocycles. The Bertz CT molecular complexity index is 355. The summed E-state index contributed by atoms with van der Waals surface area (Å²) in [4.78, 5) is 12.4. The summed E-state index contributed by atoms with van der Waals surface area (Å²) in [5.41, 5.74) is 2.22. The van der Waals surface area contributed by atoms with Crippen molar-refractivity contribution in [1.29, 1.82) is 0 Å². The highest BCUT2D eigenvalue weighted by atomic mass is 32.1. The first-order valence-corrected chi connectivity index (χ1v) is 6.07. The maximum absolute atomic E-state index is 12.4. The van der Waals surface area contributed by atoms with Crippen molar-refractivity contribution in [2.75, 3.05) is 0 Å². The third-order valence-electron chi connectivity index (χ3n) is 4.95. The molecule has 2 saturated carbocycles. The molecule has 0 radical (unpaired) electrons. The molecule has 0 spiro atoms. The average molecular weight is 241 g/mol. The largest absolute Gasteiger partial charge is 0.352 e. The van der Waals surface area contributed by atoms with Crippen LogP contribution in [-0.2, 0) is 4.79 Å². The summed E-state index contributed by atoms with van der Waals surface area (Å²) in [7, 11) is 0. The summed E-state index contributed by atoms with van der Waals surface area (Å²) in [6, 6.07) is -0.169. The lowest BCUT2D eigenvalue weighted by Gasteiger charge is -2.32. The van der Waals surface area contributed by atoms with Gasteiger partial charge in [0, 0.05) is 5.41 Å². The summed E-state index contributed by atoms with van der Waals surface area (Å²) in [5, 5.41) is 3.39. The highest BCUT2D eigenvalue weighted by Gasteiger charge is 2.66. The lowest BCUT2D eigenvalue weighted by Crippen LogP contribution is -2.51. The van der Waals surface area contributed by atoms with Crippen molar-refractivity contribution in [3.8, 4) is 0 Å². The number of Topliss-reactive ketones (excluding diaryl/α,β-unsaturated/α-hetero) is 1. The Balaban J connectivity index is 2.26. The monoisotopic (exact) mass is 241 g/mol. The van der Waals surface area contributed by atoms with E-state index in [9.17, 15) is 4.79 Å². The number of nitrogens with two attached hydrogens (primary N) is 1. The Morgan fingerprint density at radius 2 is 2.12 bits per heavy atom. The van der Waals surface area contributed by atoms with Crippen LogP contribution < -0.4 is 16.6 Å². The molecule has 3 atom stereocenters. The van der Waals surface area contributed by atoms with Crippen molar-refractivity contribution in [1.82, 2.24) is 10.7 Å². The molecule has 0 aromatic carbocycles. The molecule has 5 heteroatoms. The fourth-order valence-corrected chi connectivity index (χ4v) is 3.56. The number of rotatable bonds is 1. The van der Waals surface area contributed by atoms with E-state index in [1.165, 1.54) is 0 Å². The summed E-state index contributed by atoms with van der Waals surface area (Å²) < 4.78 is 0. The fraction of sp³-hybridized carbons (Fsp3) is 0.818. The summed E-state index contributed by atoms with van der Waals surface area (Å²) >= 11 is 4.97. The van der Waals surface area contributed by atoms with Gasteiger partial charge in [0.1, 0.15) is 0 Å². The van der Waals surface area contributed by atoms with Crippen LogP contribution in [0.4, 0.5) is 0 Å². The van der Waals surface area contributed by atoms with Crippen molar-refractivity contribution < 1.29 is 4.79 Å². The van der Waals surface area contributed by atoms with Crippen molar-refractivity contribution >= 4 is 23.1 Å². The SMILES string of the molecule is CC1(C)[C@@H]2CC[C@@]1(C)C(=O)[C@@H]2NC(=S)NN. The van der Waals surface area contributed by atoms with E-state index in [-0.39, 0.29) is 22.7 Å². The third kappa shape index (κ3) is 1.24. The maximum Gasteiger partial charge on any atom is 0.181 e. The molecular formula is C11H19N3OS. The van der Waals surface area contributed by atoms with E-state index < -0.39 is 0 Å². The van der Waals surface area contributed by atoms with Crippen LogP contribution in [0.15, 0.2) is 0 Å². The molecule has 16 heavy (non-hydrogen) atoms. The van der Waals surface area contributed by atoms with Gasteiger partial charge in [0.05, 0.1) is 6.04 Å². The molecule has 0 aromatic heterocycles. The van der Waals surface area contributed by atoms with Gasteiger partial charge in [-0.05, 0) is 36.4 Å². The van der Waals surface area contributed by atoms with Crippen LogP contribution in [0.1, 0.15) is 33.6 Å². The minimum absolute atomic E-state index is 0.0476. The molecule has 0 heterocycles. The number of fused-ring (bicyclic) bond motifs is 2. The van der Waals surface area contributed by atoms with E-state index in [1.807, 2.05) is 0 Å². The van der Waals surface area contributed by atoms with Crippen molar-refractivity contribution in [3.05, 3.63) is 0 Å². The Kier molecular flexibility index (Phi) is 2.51. The smallest absolute Gasteiger partial charge is 0.181 e. The zero-order chi connectivity index (χ0) is 12.1. The molecule has 0 unspecified atom stereocenters. The number of carbonyl (C=O) groups excluding carboxylic acids is 1. The Morgan fingerprint density at radius 3 is 2.56 bits per heavy atom. The van der Waals surface area contributed by atoms with Crippen LogP contribution in [0.25, 0.3) is 0 Å². The van der Waals surface area contributed by atoms with Gasteiger partial charge in [-0.1, -0.05) is 20.8 Å². The molecule has 4 N–H and O–H groups in total. The summed E-state index contributed by atoms with van der Waals surface area (Å²) in [5.74, 6) is 5.87.